The molecule has 0 N–H and O–H groups in total. The van der Waals surface area contributed by atoms with E-state index in [0.717, 1.165) is 33.8 Å². The number of hydrogen-bond acceptors (Lipinski definition) is 2. The summed E-state index contributed by atoms with van der Waals surface area (Å²) < 4.78 is 12.4. The molecule has 2 aromatic carbocycles. The van der Waals surface area contributed by atoms with Crippen LogP contribution in [-0.2, 0) is 17.2 Å². The molecule has 0 aromatic heterocycles. The van der Waals surface area contributed by atoms with E-state index in [1.807, 2.05) is 48.5 Å². The quantitative estimate of drug-likeness (QED) is 0.838. The first-order valence-electron chi connectivity index (χ1n) is 6.38. The van der Waals surface area contributed by atoms with Gasteiger partial charge in [0.15, 0.2) is 5.78 Å². The van der Waals surface area contributed by atoms with E-state index in [2.05, 4.69) is 0 Å². The smallest absolute Gasteiger partial charge is 0.163 e. The molecule has 0 radical (unpaired) electrons. The lowest BCUT2D eigenvalue weighted by Crippen LogP contribution is -2.11. The van der Waals surface area contributed by atoms with E-state index in [4.69, 9.17) is 0 Å². The van der Waals surface area contributed by atoms with Crippen molar-refractivity contribution in [3.05, 3.63) is 59.7 Å². The Morgan fingerprint density at radius 1 is 0.895 bits per heavy atom. The number of fused-ring (bicyclic) bond motifs is 1. The van der Waals surface area contributed by atoms with Crippen LogP contribution in [0.5, 0.6) is 0 Å². The van der Waals surface area contributed by atoms with Gasteiger partial charge in [0.1, 0.15) is 0 Å². The van der Waals surface area contributed by atoms with Crippen molar-refractivity contribution in [2.75, 3.05) is 0 Å². The Morgan fingerprint density at radius 2 is 1.68 bits per heavy atom. The highest BCUT2D eigenvalue weighted by Gasteiger charge is 2.18. The molecule has 0 saturated heterocycles. The summed E-state index contributed by atoms with van der Waals surface area (Å²) in [5.41, 5.74) is 1.85. The van der Waals surface area contributed by atoms with Crippen molar-refractivity contribution in [2.45, 2.75) is 29.1 Å². The molecule has 0 amide bonds. The number of hydrogen-bond donors (Lipinski definition) is 0. The fourth-order valence-electron chi connectivity index (χ4n) is 2.42. The molecule has 2 nitrogen and oxygen atoms in total. The van der Waals surface area contributed by atoms with Crippen LogP contribution in [0.3, 0.4) is 0 Å². The van der Waals surface area contributed by atoms with Crippen molar-refractivity contribution in [1.82, 2.24) is 0 Å². The van der Waals surface area contributed by atoms with Gasteiger partial charge < -0.3 is 0 Å². The maximum atomic E-state index is 12.4. The van der Waals surface area contributed by atoms with E-state index < -0.39 is 10.8 Å². The lowest BCUT2D eigenvalue weighted by Gasteiger charge is -2.15. The Bertz CT molecular complexity index is 647. The van der Waals surface area contributed by atoms with Gasteiger partial charge in [0.05, 0.1) is 10.8 Å². The molecule has 0 fully saturated rings. The molecule has 0 saturated carbocycles. The molecule has 2 aromatic rings. The zero-order valence-electron chi connectivity index (χ0n) is 10.5. The average Bonchev–Trinajstić information content (AvgIpc) is 2.47. The van der Waals surface area contributed by atoms with Gasteiger partial charge in [0.2, 0.25) is 0 Å². The third kappa shape index (κ3) is 2.38. The molecule has 1 aliphatic rings. The van der Waals surface area contributed by atoms with Gasteiger partial charge in [0, 0.05) is 21.8 Å². The van der Waals surface area contributed by atoms with Crippen molar-refractivity contribution in [2.24, 2.45) is 0 Å². The highest BCUT2D eigenvalue weighted by atomic mass is 32.2. The minimum Gasteiger partial charge on any atom is -0.294 e. The zero-order chi connectivity index (χ0) is 13.2. The van der Waals surface area contributed by atoms with Crippen molar-refractivity contribution < 1.29 is 9.00 Å². The molecule has 96 valence electrons. The molecule has 0 heterocycles. The first kappa shape index (κ1) is 12.3. The predicted molar refractivity (Wildman–Crippen MR) is 74.8 cm³/mol. The third-order valence-corrected chi connectivity index (χ3v) is 4.78. The molecule has 0 bridgehead atoms. The van der Waals surface area contributed by atoms with Gasteiger partial charge >= 0.3 is 0 Å². The van der Waals surface area contributed by atoms with Crippen molar-refractivity contribution in [3.8, 4) is 0 Å². The molecular weight excluding hydrogens is 256 g/mol. The van der Waals surface area contributed by atoms with Crippen LogP contribution < -0.4 is 0 Å². The number of aryl methyl sites for hydroxylation is 1. The lowest BCUT2D eigenvalue weighted by atomic mass is 9.91. The maximum Gasteiger partial charge on any atom is 0.163 e. The van der Waals surface area contributed by atoms with E-state index in [1.54, 1.807) is 0 Å². The predicted octanol–water partition coefficient (Wildman–Crippen LogP) is 3.37. The second-order valence-electron chi connectivity index (χ2n) is 4.68. The van der Waals surface area contributed by atoms with Crippen molar-refractivity contribution in [3.63, 3.8) is 0 Å². The molecule has 3 rings (SSSR count). The summed E-state index contributed by atoms with van der Waals surface area (Å²) in [5.74, 6) is 0.207. The highest BCUT2D eigenvalue weighted by Crippen LogP contribution is 2.25. The minimum absolute atomic E-state index is 0.207. The van der Waals surface area contributed by atoms with Crippen LogP contribution in [0.25, 0.3) is 0 Å². The third-order valence-electron chi connectivity index (χ3n) is 3.40. The second-order valence-corrected chi connectivity index (χ2v) is 6.16. The first-order chi connectivity index (χ1) is 9.25. The summed E-state index contributed by atoms with van der Waals surface area (Å²) in [6.07, 6.45) is 2.43. The number of carbonyl (C=O) groups excluding carboxylic acids is 1. The number of benzene rings is 2. The average molecular weight is 270 g/mol. The summed E-state index contributed by atoms with van der Waals surface area (Å²) in [6.45, 7) is 0. The Kier molecular flexibility index (Phi) is 3.30. The van der Waals surface area contributed by atoms with E-state index >= 15 is 0 Å². The van der Waals surface area contributed by atoms with Gasteiger partial charge in [-0.2, -0.15) is 0 Å². The van der Waals surface area contributed by atoms with E-state index in [9.17, 15) is 9.00 Å². The Balaban J connectivity index is 1.99. The SMILES string of the molecule is O=C1CCCc2cc(S(=O)c3ccccc3)ccc21. The maximum absolute atomic E-state index is 12.4. The molecule has 0 spiro atoms. The molecule has 1 atom stereocenters. The van der Waals surface area contributed by atoms with Gasteiger partial charge in [-0.1, -0.05) is 18.2 Å². The zero-order valence-corrected chi connectivity index (χ0v) is 11.3. The summed E-state index contributed by atoms with van der Waals surface area (Å²) in [4.78, 5) is 13.3. The molecule has 1 unspecified atom stereocenters. The van der Waals surface area contributed by atoms with Crippen molar-refractivity contribution >= 4 is 16.6 Å². The summed E-state index contributed by atoms with van der Waals surface area (Å²) >= 11 is 0. The van der Waals surface area contributed by atoms with Crippen LogP contribution in [0.4, 0.5) is 0 Å². The fraction of sp³-hybridized carbons (Fsp3) is 0.188. The van der Waals surface area contributed by atoms with E-state index in [0.29, 0.717) is 6.42 Å². The van der Waals surface area contributed by atoms with Crippen LogP contribution in [0.2, 0.25) is 0 Å². The molecular formula is C16H14O2S. The Hall–Kier alpha value is -1.74. The summed E-state index contributed by atoms with van der Waals surface area (Å²) in [7, 11) is -1.17. The van der Waals surface area contributed by atoms with Crippen LogP contribution in [0.15, 0.2) is 58.3 Å². The fourth-order valence-corrected chi connectivity index (χ4v) is 3.54. The number of Topliss-reactive ketones (excluding diaryl/α,β-unsaturated/α-hetero) is 1. The normalized spacial score (nSPS) is 15.9. The molecule has 19 heavy (non-hydrogen) atoms. The topological polar surface area (TPSA) is 34.1 Å². The van der Waals surface area contributed by atoms with Crippen LogP contribution in [0, 0.1) is 0 Å². The summed E-state index contributed by atoms with van der Waals surface area (Å²) in [5, 5.41) is 0. The standard InChI is InChI=1S/C16H14O2S/c17-16-8-4-5-12-11-14(9-10-15(12)16)19(18)13-6-2-1-3-7-13/h1-3,6-7,9-11H,4-5,8H2. The molecule has 3 heteroatoms. The van der Waals surface area contributed by atoms with E-state index in [1.165, 1.54) is 0 Å². The van der Waals surface area contributed by atoms with Crippen LogP contribution >= 0.6 is 0 Å². The number of carbonyl (C=O) groups is 1. The van der Waals surface area contributed by atoms with Gasteiger partial charge in [0.25, 0.3) is 0 Å². The molecule has 0 aliphatic heterocycles. The highest BCUT2D eigenvalue weighted by molar-refractivity contribution is 7.85. The Labute approximate surface area is 114 Å². The molecule has 1 aliphatic carbocycles. The monoisotopic (exact) mass is 270 g/mol. The van der Waals surface area contributed by atoms with Crippen molar-refractivity contribution in [1.29, 1.82) is 0 Å². The van der Waals surface area contributed by atoms with Crippen LogP contribution in [-0.4, -0.2) is 9.99 Å². The van der Waals surface area contributed by atoms with Gasteiger partial charge in [-0.15, -0.1) is 0 Å². The largest absolute Gasteiger partial charge is 0.294 e. The second kappa shape index (κ2) is 5.10. The Morgan fingerprint density at radius 3 is 2.47 bits per heavy atom. The lowest BCUT2D eigenvalue weighted by molar-refractivity contribution is 0.0972. The first-order valence-corrected chi connectivity index (χ1v) is 7.53. The summed E-state index contributed by atoms with van der Waals surface area (Å²) in [6, 6.07) is 15.0. The number of rotatable bonds is 2. The van der Waals surface area contributed by atoms with Gasteiger partial charge in [-0.25, -0.2) is 4.21 Å². The number of ketones is 1. The van der Waals surface area contributed by atoms with Gasteiger partial charge in [-0.3, -0.25) is 4.79 Å². The van der Waals surface area contributed by atoms with Gasteiger partial charge in [-0.05, 0) is 48.7 Å². The minimum atomic E-state index is -1.17. The van der Waals surface area contributed by atoms with Crippen LogP contribution in [0.1, 0.15) is 28.8 Å². The van der Waals surface area contributed by atoms with E-state index in [-0.39, 0.29) is 5.78 Å².